The molecule has 288 valence electrons. The Labute approximate surface area is 316 Å². The van der Waals surface area contributed by atoms with E-state index in [4.69, 9.17) is 9.47 Å². The highest BCUT2D eigenvalue weighted by Crippen LogP contribution is 2.45. The van der Waals surface area contributed by atoms with Crippen LogP contribution in [0, 0.1) is 11.3 Å². The first-order valence-electron chi connectivity index (χ1n) is 18.2. The molecule has 54 heavy (non-hydrogen) atoms. The molecule has 2 aliphatic carbocycles. The summed E-state index contributed by atoms with van der Waals surface area (Å²) in [4.78, 5) is 61.4. The van der Waals surface area contributed by atoms with Crippen LogP contribution in [0.2, 0.25) is 0 Å². The quantitative estimate of drug-likeness (QED) is 0.222. The van der Waals surface area contributed by atoms with E-state index in [0.717, 1.165) is 16.3 Å². The fourth-order valence-corrected chi connectivity index (χ4v) is 8.16. The Hall–Kier alpha value is -4.98. The van der Waals surface area contributed by atoms with Crippen LogP contribution >= 0.6 is 0 Å². The average molecular weight is 760 g/mol. The van der Waals surface area contributed by atoms with Crippen LogP contribution in [0.25, 0.3) is 10.8 Å². The zero-order valence-electron chi connectivity index (χ0n) is 31.5. The number of aromatic nitrogens is 1. The van der Waals surface area contributed by atoms with Gasteiger partial charge in [-0.1, -0.05) is 78.0 Å². The van der Waals surface area contributed by atoms with Crippen LogP contribution in [0.1, 0.15) is 72.8 Å². The lowest BCUT2D eigenvalue weighted by atomic mass is 9.87. The van der Waals surface area contributed by atoms with E-state index in [2.05, 4.69) is 47.7 Å². The molecule has 13 nitrogen and oxygen atoms in total. The molecule has 0 radical (unpaired) electrons. The van der Waals surface area contributed by atoms with Crippen LogP contribution < -0.4 is 20.1 Å². The molecule has 0 unspecified atom stereocenters. The Kier molecular flexibility index (Phi) is 10.3. The predicted octanol–water partition coefficient (Wildman–Crippen LogP) is 5.21. The summed E-state index contributed by atoms with van der Waals surface area (Å²) >= 11 is 0. The molecule has 1 saturated heterocycles. The van der Waals surface area contributed by atoms with Gasteiger partial charge in [0, 0.05) is 35.0 Å². The van der Waals surface area contributed by atoms with Crippen molar-refractivity contribution in [1.82, 2.24) is 19.9 Å². The molecule has 2 saturated carbocycles. The van der Waals surface area contributed by atoms with E-state index in [0.29, 0.717) is 24.4 Å². The molecule has 6 rings (SSSR count). The van der Waals surface area contributed by atoms with E-state index >= 15 is 0 Å². The number of amides is 4. The van der Waals surface area contributed by atoms with Crippen LogP contribution in [0.3, 0.4) is 0 Å². The number of sulfonamides is 1. The molecule has 3 aromatic rings. The molecule has 3 aliphatic rings. The molecule has 3 N–H and O–H groups in total. The summed E-state index contributed by atoms with van der Waals surface area (Å²) in [5, 5.41) is 6.48. The lowest BCUT2D eigenvalue weighted by Gasteiger charge is -2.34. The Bertz CT molecular complexity index is 2060. The number of hydrogen-bond donors (Lipinski definition) is 3. The summed E-state index contributed by atoms with van der Waals surface area (Å²) in [5.41, 5.74) is -1.00. The Morgan fingerprint density at radius 1 is 1.00 bits per heavy atom. The molecule has 1 aromatic heterocycles. The molecular formula is C40H49N5O8S. The van der Waals surface area contributed by atoms with E-state index in [-0.39, 0.29) is 24.8 Å². The summed E-state index contributed by atoms with van der Waals surface area (Å²) in [6, 6.07) is 15.5. The van der Waals surface area contributed by atoms with Crippen LogP contribution in [-0.2, 0) is 34.6 Å². The summed E-state index contributed by atoms with van der Waals surface area (Å²) in [6.07, 6.45) is 1.28. The van der Waals surface area contributed by atoms with Gasteiger partial charge in [-0.2, -0.15) is 0 Å². The van der Waals surface area contributed by atoms with Gasteiger partial charge in [0.1, 0.15) is 17.7 Å². The second-order valence-corrected chi connectivity index (χ2v) is 18.6. The van der Waals surface area contributed by atoms with Gasteiger partial charge in [0.15, 0.2) is 6.10 Å². The highest BCUT2D eigenvalue weighted by molar-refractivity contribution is 7.91. The molecule has 1 aliphatic heterocycles. The van der Waals surface area contributed by atoms with Gasteiger partial charge in [0.05, 0.1) is 11.8 Å². The highest BCUT2D eigenvalue weighted by atomic mass is 32.2. The van der Waals surface area contributed by atoms with Crippen LogP contribution in [0.4, 0.5) is 10.5 Å². The molecule has 2 aromatic carbocycles. The fraction of sp³-hybridized carbons (Fsp3) is 0.475. The number of hydrogen-bond acceptors (Lipinski definition) is 9. The Morgan fingerprint density at radius 3 is 2.30 bits per heavy atom. The van der Waals surface area contributed by atoms with Crippen LogP contribution in [-0.4, -0.2) is 77.7 Å². The molecule has 14 heteroatoms. The van der Waals surface area contributed by atoms with Crippen molar-refractivity contribution in [2.24, 2.45) is 11.3 Å². The van der Waals surface area contributed by atoms with E-state index < -0.39 is 74.2 Å². The first-order valence-corrected chi connectivity index (χ1v) is 19.8. The van der Waals surface area contributed by atoms with E-state index in [9.17, 15) is 27.6 Å². The lowest BCUT2D eigenvalue weighted by Crippen LogP contribution is -2.58. The first-order chi connectivity index (χ1) is 25.3. The number of anilines is 1. The maximum absolute atomic E-state index is 14.6. The average Bonchev–Trinajstić information content (AvgIpc) is 4.03. The number of rotatable bonds is 11. The maximum atomic E-state index is 14.6. The summed E-state index contributed by atoms with van der Waals surface area (Å²) < 4.78 is 39.7. The minimum Gasteiger partial charge on any atom is -0.472 e. The third kappa shape index (κ3) is 8.23. The lowest BCUT2D eigenvalue weighted by molar-refractivity contribution is -0.150. The third-order valence-corrected chi connectivity index (χ3v) is 12.1. The second kappa shape index (κ2) is 14.3. The van der Waals surface area contributed by atoms with Gasteiger partial charge in [-0.05, 0) is 59.9 Å². The summed E-state index contributed by atoms with van der Waals surface area (Å²) in [7, 11) is -3.90. The van der Waals surface area contributed by atoms with Crippen molar-refractivity contribution in [3.63, 3.8) is 0 Å². The third-order valence-electron chi connectivity index (χ3n) is 10.2. The molecule has 0 spiro atoms. The molecule has 3 fully saturated rings. The van der Waals surface area contributed by atoms with Gasteiger partial charge in [-0.3, -0.25) is 24.4 Å². The monoisotopic (exact) mass is 759 g/mol. The number of pyridine rings is 1. The van der Waals surface area contributed by atoms with Crippen molar-refractivity contribution in [1.29, 1.82) is 0 Å². The number of carbonyl (C=O) groups excluding carboxylic acids is 4. The zero-order chi connectivity index (χ0) is 39.2. The number of ether oxygens (including phenoxy) is 2. The molecule has 4 amide bonds. The van der Waals surface area contributed by atoms with Crippen molar-refractivity contribution in [2.45, 2.75) is 102 Å². The molecular weight excluding hydrogens is 711 g/mol. The standard InChI is InChI=1S/C40H49N5O8S/c1-8-25-22-40(25,36(48)44-54(50,51)29-17-18-29)43-33(46)31-21-28(52-34-30-12-10-9-11-24(30)19-20-41-34)23-45(31)35(47)32(39(5,6)7)53-37(49)42-27-15-13-26(14-16-27)38(2,3)4/h8-16,19-20,25,28-29,31-32H,1,17-18,21-23H2,2-7H3,(H,42,49)(H,43,46)(H,44,48)/t25-,28-,31+,32-,40-/m1/s1. The van der Waals surface area contributed by atoms with Crippen molar-refractivity contribution in [3.05, 3.63) is 79.0 Å². The fourth-order valence-electron chi connectivity index (χ4n) is 6.79. The van der Waals surface area contributed by atoms with Crippen LogP contribution in [0.5, 0.6) is 5.88 Å². The van der Waals surface area contributed by atoms with Crippen molar-refractivity contribution >= 4 is 50.3 Å². The van der Waals surface area contributed by atoms with Gasteiger partial charge in [-0.25, -0.2) is 18.2 Å². The largest absolute Gasteiger partial charge is 0.472 e. The number of nitrogens with one attached hydrogen (secondary N) is 3. The SMILES string of the molecule is C=C[C@@H]1C[C@]1(NC(=O)[C@@H]1C[C@@H](Oc2nccc3ccccc23)CN1C(=O)[C@@H](OC(=O)Nc1ccc(C(C)(C)C)cc1)C(C)(C)C)C(=O)NS(=O)(=O)C1CC1. The van der Waals surface area contributed by atoms with Gasteiger partial charge in [-0.15, -0.1) is 6.58 Å². The number of benzene rings is 2. The van der Waals surface area contributed by atoms with Crippen LogP contribution in [0.15, 0.2) is 73.4 Å². The van der Waals surface area contributed by atoms with Crippen molar-refractivity contribution in [3.8, 4) is 5.88 Å². The topological polar surface area (TPSA) is 173 Å². The Balaban J connectivity index is 1.26. The van der Waals surface area contributed by atoms with Gasteiger partial charge in [0.2, 0.25) is 21.8 Å². The maximum Gasteiger partial charge on any atom is 0.412 e. The molecule has 2 heterocycles. The molecule has 5 atom stereocenters. The highest BCUT2D eigenvalue weighted by Gasteiger charge is 2.62. The number of fused-ring (bicyclic) bond motifs is 1. The minimum atomic E-state index is -3.90. The number of likely N-dealkylation sites (tertiary alicyclic amines) is 1. The first kappa shape index (κ1) is 38.7. The normalized spacial score (nSPS) is 23.2. The Morgan fingerprint density at radius 2 is 1.69 bits per heavy atom. The van der Waals surface area contributed by atoms with Crippen molar-refractivity contribution in [2.75, 3.05) is 11.9 Å². The van der Waals surface area contributed by atoms with Gasteiger partial charge < -0.3 is 19.7 Å². The predicted molar refractivity (Wildman–Crippen MR) is 204 cm³/mol. The molecule has 0 bridgehead atoms. The van der Waals surface area contributed by atoms with E-state index in [1.54, 1.807) is 39.1 Å². The van der Waals surface area contributed by atoms with Crippen molar-refractivity contribution < 1.29 is 37.1 Å². The van der Waals surface area contributed by atoms with Gasteiger partial charge >= 0.3 is 6.09 Å². The summed E-state index contributed by atoms with van der Waals surface area (Å²) in [5.74, 6) is -2.37. The zero-order valence-corrected chi connectivity index (χ0v) is 32.4. The second-order valence-electron chi connectivity index (χ2n) is 16.6. The minimum absolute atomic E-state index is 0.0164. The summed E-state index contributed by atoms with van der Waals surface area (Å²) in [6.45, 7) is 15.2. The van der Waals surface area contributed by atoms with E-state index in [1.807, 2.05) is 42.5 Å². The van der Waals surface area contributed by atoms with Gasteiger partial charge in [0.25, 0.3) is 11.8 Å². The smallest absolute Gasteiger partial charge is 0.412 e. The van der Waals surface area contributed by atoms with E-state index in [1.165, 1.54) is 11.0 Å². The number of nitrogens with zero attached hydrogens (tertiary/aromatic N) is 2. The number of carbonyl (C=O) groups is 4.